The van der Waals surface area contributed by atoms with E-state index < -0.39 is 0 Å². The predicted octanol–water partition coefficient (Wildman–Crippen LogP) is 4.87. The van der Waals surface area contributed by atoms with Gasteiger partial charge < -0.3 is 15.7 Å². The average molecular weight is 355 g/mol. The molecular weight excluding hydrogens is 320 g/mol. The van der Waals surface area contributed by atoms with Gasteiger partial charge in [0.15, 0.2) is 0 Å². The fourth-order valence-electron chi connectivity index (χ4n) is 6.73. The van der Waals surface area contributed by atoms with Gasteiger partial charge in [0, 0.05) is 17.5 Å². The summed E-state index contributed by atoms with van der Waals surface area (Å²) in [5.74, 6) is 1.27. The molecule has 1 saturated heterocycles. The summed E-state index contributed by atoms with van der Waals surface area (Å²) in [5.41, 5.74) is 4.30. The Bertz CT molecular complexity index is 660. The average Bonchev–Trinajstić information content (AvgIpc) is 2.92. The minimum absolute atomic E-state index is 0.333. The van der Waals surface area contributed by atoms with Crippen molar-refractivity contribution in [1.82, 2.24) is 5.32 Å². The maximum Gasteiger partial charge on any atom is 0.138 e. The molecule has 2 saturated carbocycles. The molecule has 3 fully saturated rings. The third-order valence-electron chi connectivity index (χ3n) is 7.97. The minimum Gasteiger partial charge on any atom is -0.506 e. The zero-order valence-corrected chi connectivity index (χ0v) is 16.0. The van der Waals surface area contributed by atoms with E-state index in [0.717, 1.165) is 24.6 Å². The van der Waals surface area contributed by atoms with Crippen LogP contribution in [0.5, 0.6) is 5.75 Å². The van der Waals surface area contributed by atoms with Crippen LogP contribution in [0.15, 0.2) is 12.1 Å². The Hall–Kier alpha value is -1.22. The standard InChI is InChI=1S/C23H34N2O/c26-22-15-19-16(14-21(22)25-17-7-3-1-2-4-8-17)13-20-18-9-5-6-10-23(18,19)11-12-24-20/h14-15,17-18,20,24-26H,1-13H2/t18-,20+,23+/m1/s1. The number of piperidine rings is 1. The molecule has 2 bridgehead atoms. The minimum atomic E-state index is 0.333. The molecule has 4 aliphatic rings. The van der Waals surface area contributed by atoms with Crippen molar-refractivity contribution in [3.05, 3.63) is 23.3 Å². The van der Waals surface area contributed by atoms with Crippen molar-refractivity contribution in [1.29, 1.82) is 0 Å². The lowest BCUT2D eigenvalue weighted by Gasteiger charge is -2.56. The van der Waals surface area contributed by atoms with Crippen LogP contribution in [0.1, 0.15) is 81.8 Å². The first-order valence-electron chi connectivity index (χ1n) is 11.1. The van der Waals surface area contributed by atoms with Gasteiger partial charge in [-0.1, -0.05) is 38.5 Å². The summed E-state index contributed by atoms with van der Waals surface area (Å²) in [6.45, 7) is 1.14. The summed E-state index contributed by atoms with van der Waals surface area (Å²) in [6, 6.07) is 5.64. The molecule has 1 aliphatic heterocycles. The molecule has 0 unspecified atom stereocenters. The van der Waals surface area contributed by atoms with Crippen LogP contribution in [0.25, 0.3) is 0 Å². The molecule has 3 aliphatic carbocycles. The molecule has 1 heterocycles. The number of fused-ring (bicyclic) bond motifs is 1. The van der Waals surface area contributed by atoms with E-state index in [1.165, 1.54) is 81.8 Å². The molecule has 0 radical (unpaired) electrons. The van der Waals surface area contributed by atoms with Crippen molar-refractivity contribution >= 4 is 5.69 Å². The van der Waals surface area contributed by atoms with Crippen LogP contribution in [0, 0.1) is 5.92 Å². The second kappa shape index (κ2) is 6.74. The molecule has 0 spiro atoms. The second-order valence-electron chi connectivity index (χ2n) is 9.38. The molecule has 1 aromatic carbocycles. The summed E-state index contributed by atoms with van der Waals surface area (Å²) < 4.78 is 0. The fourth-order valence-corrected chi connectivity index (χ4v) is 6.73. The van der Waals surface area contributed by atoms with Gasteiger partial charge in [0.05, 0.1) is 5.69 Å². The molecule has 3 N–H and O–H groups in total. The van der Waals surface area contributed by atoms with Crippen molar-refractivity contribution in [2.24, 2.45) is 5.92 Å². The lowest BCUT2D eigenvalue weighted by atomic mass is 9.53. The normalized spacial score (nSPS) is 34.5. The zero-order valence-electron chi connectivity index (χ0n) is 16.0. The summed E-state index contributed by atoms with van der Waals surface area (Å²) in [7, 11) is 0. The van der Waals surface area contributed by atoms with E-state index in [9.17, 15) is 5.11 Å². The summed E-state index contributed by atoms with van der Waals surface area (Å²) in [6.07, 6.45) is 15.7. The number of aromatic hydroxyl groups is 1. The quantitative estimate of drug-likeness (QED) is 0.524. The molecule has 0 amide bonds. The fraction of sp³-hybridized carbons (Fsp3) is 0.739. The molecule has 3 nitrogen and oxygen atoms in total. The predicted molar refractivity (Wildman–Crippen MR) is 107 cm³/mol. The number of anilines is 1. The van der Waals surface area contributed by atoms with Gasteiger partial charge in [0.25, 0.3) is 0 Å². The molecule has 5 rings (SSSR count). The van der Waals surface area contributed by atoms with Crippen LogP contribution in [0.2, 0.25) is 0 Å². The Morgan fingerprint density at radius 3 is 2.62 bits per heavy atom. The molecule has 1 aromatic rings. The van der Waals surface area contributed by atoms with Crippen LogP contribution >= 0.6 is 0 Å². The highest BCUT2D eigenvalue weighted by molar-refractivity contribution is 5.62. The lowest BCUT2D eigenvalue weighted by molar-refractivity contribution is 0.0796. The summed E-state index contributed by atoms with van der Waals surface area (Å²) >= 11 is 0. The van der Waals surface area contributed by atoms with E-state index in [1.54, 1.807) is 0 Å². The van der Waals surface area contributed by atoms with Gasteiger partial charge in [0.1, 0.15) is 5.75 Å². The lowest BCUT2D eigenvalue weighted by Crippen LogP contribution is -2.59. The van der Waals surface area contributed by atoms with Gasteiger partial charge in [-0.25, -0.2) is 0 Å². The zero-order chi connectivity index (χ0) is 17.6. The number of phenolic OH excluding ortho intramolecular Hbond substituents is 1. The van der Waals surface area contributed by atoms with E-state index in [0.29, 0.717) is 23.2 Å². The van der Waals surface area contributed by atoms with Crippen LogP contribution < -0.4 is 10.6 Å². The second-order valence-corrected chi connectivity index (χ2v) is 9.38. The molecule has 3 atom stereocenters. The first kappa shape index (κ1) is 16.9. The number of phenols is 1. The van der Waals surface area contributed by atoms with E-state index in [1.807, 2.05) is 0 Å². The number of benzene rings is 1. The van der Waals surface area contributed by atoms with Crippen molar-refractivity contribution in [3.8, 4) is 5.75 Å². The Morgan fingerprint density at radius 2 is 1.77 bits per heavy atom. The summed E-state index contributed by atoms with van der Waals surface area (Å²) in [4.78, 5) is 0. The van der Waals surface area contributed by atoms with Gasteiger partial charge in [-0.15, -0.1) is 0 Å². The van der Waals surface area contributed by atoms with Crippen molar-refractivity contribution < 1.29 is 5.11 Å². The van der Waals surface area contributed by atoms with Gasteiger partial charge in [-0.2, -0.15) is 0 Å². The monoisotopic (exact) mass is 354 g/mol. The van der Waals surface area contributed by atoms with E-state index in [-0.39, 0.29) is 0 Å². The highest BCUT2D eigenvalue weighted by atomic mass is 16.3. The van der Waals surface area contributed by atoms with E-state index >= 15 is 0 Å². The smallest absolute Gasteiger partial charge is 0.138 e. The maximum atomic E-state index is 10.9. The third-order valence-corrected chi connectivity index (χ3v) is 7.97. The molecular formula is C23H34N2O. The molecule has 26 heavy (non-hydrogen) atoms. The Balaban J connectivity index is 1.48. The number of hydrogen-bond acceptors (Lipinski definition) is 3. The van der Waals surface area contributed by atoms with Crippen LogP contribution in [0.4, 0.5) is 5.69 Å². The van der Waals surface area contributed by atoms with Gasteiger partial charge in [-0.05, 0) is 74.2 Å². The summed E-state index contributed by atoms with van der Waals surface area (Å²) in [5, 5.41) is 18.4. The Labute approximate surface area is 158 Å². The van der Waals surface area contributed by atoms with Crippen molar-refractivity contribution in [2.75, 3.05) is 11.9 Å². The van der Waals surface area contributed by atoms with Crippen LogP contribution in [-0.2, 0) is 11.8 Å². The first-order valence-corrected chi connectivity index (χ1v) is 11.1. The van der Waals surface area contributed by atoms with E-state index in [2.05, 4.69) is 22.8 Å². The number of rotatable bonds is 2. The van der Waals surface area contributed by atoms with Crippen molar-refractivity contribution in [3.63, 3.8) is 0 Å². The molecule has 3 heteroatoms. The SMILES string of the molecule is Oc1cc2c(cc1NC1CCCCCC1)C[C@@H]1NCC[C@]23CCCC[C@H]13. The highest BCUT2D eigenvalue weighted by Gasteiger charge is 2.51. The first-order chi connectivity index (χ1) is 12.8. The van der Waals surface area contributed by atoms with Crippen LogP contribution in [0.3, 0.4) is 0 Å². The van der Waals surface area contributed by atoms with Crippen molar-refractivity contribution in [2.45, 2.75) is 94.5 Å². The van der Waals surface area contributed by atoms with Gasteiger partial charge >= 0.3 is 0 Å². The largest absolute Gasteiger partial charge is 0.506 e. The number of nitrogens with one attached hydrogen (secondary N) is 2. The number of hydrogen-bond donors (Lipinski definition) is 3. The molecule has 142 valence electrons. The van der Waals surface area contributed by atoms with Gasteiger partial charge in [-0.3, -0.25) is 0 Å². The van der Waals surface area contributed by atoms with E-state index in [4.69, 9.17) is 0 Å². The third kappa shape index (κ3) is 2.74. The Morgan fingerprint density at radius 1 is 0.962 bits per heavy atom. The van der Waals surface area contributed by atoms with Gasteiger partial charge in [0.2, 0.25) is 0 Å². The topological polar surface area (TPSA) is 44.3 Å². The highest BCUT2D eigenvalue weighted by Crippen LogP contribution is 2.55. The Kier molecular flexibility index (Phi) is 4.39. The van der Waals surface area contributed by atoms with Crippen LogP contribution in [-0.4, -0.2) is 23.7 Å². The molecule has 0 aromatic heterocycles. The maximum absolute atomic E-state index is 10.9.